The third-order valence-electron chi connectivity index (χ3n) is 23.6. The predicted molar refractivity (Wildman–Crippen MR) is 559 cm³/mol. The highest BCUT2D eigenvalue weighted by Gasteiger charge is 2.31. The Hall–Kier alpha value is -17.8. The first-order valence-corrected chi connectivity index (χ1v) is 49.4. The highest BCUT2D eigenvalue weighted by molar-refractivity contribution is 7.14. The highest BCUT2D eigenvalue weighted by atomic mass is 32.1. The van der Waals surface area contributed by atoms with Crippen LogP contribution < -0.4 is 21.3 Å². The first-order chi connectivity index (χ1) is 69.9. The van der Waals surface area contributed by atoms with Crippen LogP contribution in [0.2, 0.25) is 0 Å². The molecular formula is C103H84N32O4S4. The number of unbranched alkanes of at least 4 members (excludes halogenated alkanes) is 1. The van der Waals surface area contributed by atoms with Crippen LogP contribution in [-0.2, 0) is 19.2 Å². The van der Waals surface area contributed by atoms with Gasteiger partial charge in [0.1, 0.15) is 44.8 Å². The lowest BCUT2D eigenvalue weighted by Gasteiger charge is -2.17. The first kappa shape index (κ1) is 90.4. The van der Waals surface area contributed by atoms with Crippen molar-refractivity contribution in [3.8, 4) is 132 Å². The largest absolute Gasteiger partial charge is 0.335 e. The van der Waals surface area contributed by atoms with Gasteiger partial charge in [0.15, 0.2) is 45.9 Å². The third-order valence-corrected chi connectivity index (χ3v) is 27.2. The lowest BCUT2D eigenvalue weighted by Crippen LogP contribution is -2.19. The van der Waals surface area contributed by atoms with Gasteiger partial charge in [0.05, 0.1) is 116 Å². The molecule has 4 amide bonds. The summed E-state index contributed by atoms with van der Waals surface area (Å²) >= 11 is 6.61. The van der Waals surface area contributed by atoms with Gasteiger partial charge in [-0.05, 0) is 125 Å². The van der Waals surface area contributed by atoms with E-state index in [0.717, 1.165) is 207 Å². The van der Waals surface area contributed by atoms with E-state index in [-0.39, 0.29) is 35.0 Å². The van der Waals surface area contributed by atoms with Crippen molar-refractivity contribution >= 4 is 180 Å². The number of anilines is 4. The minimum Gasteiger partial charge on any atom is -0.335 e. The average molecular weight is 1960 g/mol. The van der Waals surface area contributed by atoms with E-state index < -0.39 is 0 Å². The zero-order chi connectivity index (χ0) is 97.2. The number of nitrogens with zero attached hydrogens (tertiary/aromatic N) is 20. The van der Waals surface area contributed by atoms with Crippen molar-refractivity contribution in [1.82, 2.24) is 140 Å². The minimum absolute atomic E-state index is 0.0113. The number of fused-ring (bicyclic) bond motifs is 8. The van der Waals surface area contributed by atoms with Crippen molar-refractivity contribution in [1.29, 1.82) is 0 Å². The molecule has 0 saturated heterocycles. The van der Waals surface area contributed by atoms with Crippen molar-refractivity contribution in [2.24, 2.45) is 11.3 Å². The van der Waals surface area contributed by atoms with Gasteiger partial charge in [-0.25, -0.2) is 39.9 Å². The average Bonchev–Trinajstić information content (AvgIpc) is 1.62. The Labute approximate surface area is 827 Å². The van der Waals surface area contributed by atoms with Gasteiger partial charge < -0.3 is 41.2 Å². The van der Waals surface area contributed by atoms with Crippen molar-refractivity contribution in [3.05, 3.63) is 243 Å². The molecule has 704 valence electrons. The summed E-state index contributed by atoms with van der Waals surface area (Å²) in [4.78, 5) is 139. The topological polar surface area (TPSA) is 501 Å². The van der Waals surface area contributed by atoms with Crippen LogP contribution in [-0.4, -0.2) is 164 Å². The molecule has 0 unspecified atom stereocenters. The summed E-state index contributed by atoms with van der Waals surface area (Å²) in [6.07, 6.45) is 41.0. The zero-order valence-corrected chi connectivity index (χ0v) is 80.3. The summed E-state index contributed by atoms with van der Waals surface area (Å²) in [7, 11) is 0. The normalized spacial score (nSPS) is 12.0. The Kier molecular flexibility index (Phi) is 24.8. The number of H-pyrrole nitrogens is 8. The summed E-state index contributed by atoms with van der Waals surface area (Å²) in [6.45, 7) is 10.1. The van der Waals surface area contributed by atoms with Crippen LogP contribution in [0.3, 0.4) is 0 Å². The summed E-state index contributed by atoms with van der Waals surface area (Å²) in [5.41, 5.74) is 25.4. The smallest absolute Gasteiger partial charge is 0.227 e. The molecule has 25 rings (SSSR count). The maximum Gasteiger partial charge on any atom is 0.227 e. The van der Waals surface area contributed by atoms with Gasteiger partial charge in [-0.1, -0.05) is 65.3 Å². The van der Waals surface area contributed by atoms with E-state index >= 15 is 0 Å². The molecule has 0 aliphatic heterocycles. The molecule has 1 aliphatic carbocycles. The molecule has 0 spiro atoms. The Balaban J connectivity index is 0.000000109. The molecule has 143 heavy (non-hydrogen) atoms. The molecule has 0 atom stereocenters. The van der Waals surface area contributed by atoms with Crippen LogP contribution in [0, 0.1) is 11.3 Å². The van der Waals surface area contributed by atoms with Crippen LogP contribution in [0.15, 0.2) is 243 Å². The third kappa shape index (κ3) is 19.4. The maximum atomic E-state index is 12.4. The summed E-state index contributed by atoms with van der Waals surface area (Å²) in [6, 6.07) is 31.9. The number of hydrogen-bond donors (Lipinski definition) is 12. The van der Waals surface area contributed by atoms with Crippen LogP contribution >= 0.6 is 45.3 Å². The van der Waals surface area contributed by atoms with Gasteiger partial charge in [-0.15, -0.1) is 45.3 Å². The van der Waals surface area contributed by atoms with E-state index in [9.17, 15) is 19.2 Å². The molecule has 0 bridgehead atoms. The van der Waals surface area contributed by atoms with Crippen molar-refractivity contribution in [3.63, 3.8) is 0 Å². The number of carbonyl (C=O) groups is 4. The summed E-state index contributed by atoms with van der Waals surface area (Å²) in [5.74, 6) is 2.73. The number of nitrogens with one attached hydrogen (secondary N) is 12. The van der Waals surface area contributed by atoms with E-state index in [1.165, 1.54) is 0 Å². The molecule has 24 aromatic heterocycles. The van der Waals surface area contributed by atoms with E-state index in [1.54, 1.807) is 144 Å². The fraction of sp³-hybridized carbons (Fsp3) is 0.146. The number of hydrogen-bond acceptors (Lipinski definition) is 28. The van der Waals surface area contributed by atoms with Crippen LogP contribution in [0.25, 0.3) is 221 Å². The number of pyridine rings is 12. The van der Waals surface area contributed by atoms with Gasteiger partial charge >= 0.3 is 0 Å². The molecule has 1 aliphatic rings. The van der Waals surface area contributed by atoms with E-state index in [0.29, 0.717) is 87.9 Å². The van der Waals surface area contributed by atoms with Crippen molar-refractivity contribution in [2.75, 3.05) is 21.3 Å². The molecule has 24 heterocycles. The van der Waals surface area contributed by atoms with Crippen LogP contribution in [0.4, 0.5) is 22.7 Å². The Bertz CT molecular complexity index is 8850. The summed E-state index contributed by atoms with van der Waals surface area (Å²) in [5, 5.41) is 53.0. The molecule has 12 N–H and O–H groups in total. The molecular weight excluding hydrogens is 1880 g/mol. The highest BCUT2D eigenvalue weighted by Crippen LogP contribution is 2.42. The number of aromatic amines is 8. The lowest BCUT2D eigenvalue weighted by molar-refractivity contribution is -0.118. The number of carbonyl (C=O) groups excluding carboxylic acids is 4. The number of aromatic nitrogens is 28. The second-order valence-corrected chi connectivity index (χ2v) is 39.0. The number of thiophene rings is 4. The van der Waals surface area contributed by atoms with E-state index in [1.807, 2.05) is 147 Å². The predicted octanol–water partition coefficient (Wildman–Crippen LogP) is 22.3. The Morgan fingerprint density at radius 1 is 0.336 bits per heavy atom. The molecule has 40 heteroatoms. The van der Waals surface area contributed by atoms with Crippen LogP contribution in [0.1, 0.15) is 86.0 Å². The monoisotopic (exact) mass is 1960 g/mol. The zero-order valence-electron chi connectivity index (χ0n) is 77.0. The van der Waals surface area contributed by atoms with Crippen LogP contribution in [0.5, 0.6) is 0 Å². The van der Waals surface area contributed by atoms with Gasteiger partial charge in [0, 0.05) is 186 Å². The van der Waals surface area contributed by atoms with Gasteiger partial charge in [0.25, 0.3) is 0 Å². The van der Waals surface area contributed by atoms with E-state index in [4.69, 9.17) is 19.9 Å². The van der Waals surface area contributed by atoms with Gasteiger partial charge in [0.2, 0.25) is 23.6 Å². The lowest BCUT2D eigenvalue weighted by atomic mass is 9.92. The second kappa shape index (κ2) is 39.3. The minimum atomic E-state index is -0.0982. The number of amides is 4. The van der Waals surface area contributed by atoms with Crippen molar-refractivity contribution in [2.45, 2.75) is 86.0 Å². The molecule has 24 aromatic rings. The van der Waals surface area contributed by atoms with Gasteiger partial charge in [-0.2, -0.15) is 20.4 Å². The molecule has 1 fully saturated rings. The standard InChI is InChI=1S/C27H24N8OS.C26H22N8OS.C25H18N8OS.C25H20N8OS/c1-27(2,3)9-22(36)31-17-7-15(10-28-12-17)16-8-18-24(34-35-25(18)30-11-16)26-32-20-14-29-13-19(23(20)33-26)21-5-4-6-37-21;1-2-3-6-22(35)30-17-8-15(10-27-12-17)16-9-18-24(33-34-25(18)29-11-16)26-31-20-14-28-13-19(23(20)32-26)21-5-4-7-36-21;34-25(13-3-4-13)29-16-6-14(8-26-10-16)15-7-17-22(32-33-23(17)28-9-15)24-30-19-12-27-11-18(21(19)31-24)20-2-1-5-35-20;1-2-4-21(34)29-16-7-14(9-26-11-16)15-8-17-23(32-33-24(17)28-10-15)25-30-19-13-27-12-18(22(19)31-25)20-5-3-6-35-20/h4-8,10-14H,9H2,1-3H3,(H,31,36)(H,32,33)(H,30,34,35);4-5,7-14H,2-3,6H2,1H3,(H,30,35)(H,31,32)(H,29,33,34);1-2,5-13H,3-4H2,(H,29,34)(H,30,31)(H,28,32,33);3,5-13H,2,4H2,1H3,(H,29,34)(H,30,31)(H,28,32,33). The molecule has 0 aromatic carbocycles. The molecule has 36 nitrogen and oxygen atoms in total. The fourth-order valence-corrected chi connectivity index (χ4v) is 19.5. The maximum absolute atomic E-state index is 12.4. The summed E-state index contributed by atoms with van der Waals surface area (Å²) < 4.78 is 0. The molecule has 0 radical (unpaired) electrons. The SMILES string of the molecule is CC(C)(C)CC(=O)Nc1cncc(-c2cnc3n[nH]c(-c4nc5c(-c6cccs6)cncc5[nH]4)c3c2)c1.CCCC(=O)Nc1cncc(-c2cnc3n[nH]c(-c4nc5c(-c6cccs6)cncc5[nH]4)c3c2)c1.CCCCC(=O)Nc1cncc(-c2cnc3n[nH]c(-c4nc5c(-c6cccs6)cncc5[nH]4)c3c2)c1.O=C(Nc1cncc(-c2cnc3n[nH]c(-c4nc5c(-c6cccs6)cncc5[nH]4)c3c2)c1)C1CC1. The van der Waals surface area contributed by atoms with Crippen molar-refractivity contribution < 1.29 is 19.2 Å². The number of imidazole rings is 4. The Morgan fingerprint density at radius 3 is 0.902 bits per heavy atom. The van der Waals surface area contributed by atoms with Gasteiger partial charge in [-0.3, -0.25) is 79.4 Å². The quantitative estimate of drug-likeness (QED) is 0.0283. The molecule has 1 saturated carbocycles. The number of rotatable bonds is 23. The second-order valence-electron chi connectivity index (χ2n) is 35.2. The first-order valence-electron chi connectivity index (χ1n) is 45.9. The van der Waals surface area contributed by atoms with E-state index in [2.05, 4.69) is 173 Å². The Morgan fingerprint density at radius 2 is 0.622 bits per heavy atom. The fourth-order valence-electron chi connectivity index (χ4n) is 16.6.